The van der Waals surface area contributed by atoms with Gasteiger partial charge in [0, 0.05) is 28.0 Å². The lowest BCUT2D eigenvalue weighted by Gasteiger charge is -2.25. The Kier molecular flexibility index (Phi) is 8.06. The number of allylic oxidation sites excluding steroid dienone is 8. The number of amidine groups is 2. The molecule has 8 aromatic rings. The van der Waals surface area contributed by atoms with E-state index in [2.05, 4.69) is 147 Å². The molecule has 4 nitrogen and oxygen atoms in total. The van der Waals surface area contributed by atoms with Crippen LogP contribution < -0.4 is 0 Å². The molecule has 63 heavy (non-hydrogen) atoms. The number of benzene rings is 7. The van der Waals surface area contributed by atoms with E-state index in [0.717, 1.165) is 51.5 Å². The highest BCUT2D eigenvalue weighted by Gasteiger charge is 2.58. The fourth-order valence-corrected chi connectivity index (χ4v) is 11.0. The molecule has 13 rings (SSSR count). The number of nitrogens with zero attached hydrogens (tertiary/aromatic N) is 2. The SMILES string of the molecule is Cc1c(/C=C\C2CC2)cc(C23C=C(C=NC(=NC(=N)C4=CC=CC5CC45)c4cccc5oc6ccccc6c45)C=C(c4cc5ccccc5c5ccccc45)C2C3)c2ccccc12. The molecule has 4 heteroatoms. The van der Waals surface area contributed by atoms with Crippen molar-refractivity contribution in [3.05, 3.63) is 203 Å². The van der Waals surface area contributed by atoms with E-state index in [-0.39, 0.29) is 17.2 Å². The maximum Gasteiger partial charge on any atom is 0.162 e. The first-order chi connectivity index (χ1) is 31.0. The Labute approximate surface area is 366 Å². The van der Waals surface area contributed by atoms with Crippen molar-refractivity contribution in [1.29, 1.82) is 5.41 Å². The monoisotopic (exact) mass is 811 g/mol. The van der Waals surface area contributed by atoms with Gasteiger partial charge in [-0.3, -0.25) is 5.41 Å². The first-order valence-corrected chi connectivity index (χ1v) is 22.6. The summed E-state index contributed by atoms with van der Waals surface area (Å²) in [5.41, 5.74) is 10.9. The zero-order valence-corrected chi connectivity index (χ0v) is 35.2. The molecule has 1 N–H and O–H groups in total. The number of rotatable bonds is 7. The van der Waals surface area contributed by atoms with Gasteiger partial charge in [0.1, 0.15) is 11.2 Å². The van der Waals surface area contributed by atoms with Gasteiger partial charge in [-0.1, -0.05) is 140 Å². The summed E-state index contributed by atoms with van der Waals surface area (Å²) in [5, 5.41) is 19.1. The molecule has 3 saturated carbocycles. The summed E-state index contributed by atoms with van der Waals surface area (Å²) in [4.78, 5) is 10.5. The van der Waals surface area contributed by atoms with Crippen LogP contribution in [0.5, 0.6) is 0 Å². The summed E-state index contributed by atoms with van der Waals surface area (Å²) < 4.78 is 6.37. The summed E-state index contributed by atoms with van der Waals surface area (Å²) in [5.74, 6) is 2.62. The maximum absolute atomic E-state index is 9.41. The molecule has 4 atom stereocenters. The van der Waals surface area contributed by atoms with Gasteiger partial charge in [-0.15, -0.1) is 0 Å². The Balaban J connectivity index is 1.02. The van der Waals surface area contributed by atoms with E-state index in [0.29, 0.717) is 23.6 Å². The summed E-state index contributed by atoms with van der Waals surface area (Å²) in [6.45, 7) is 2.29. The minimum absolute atomic E-state index is 0.237. The Bertz CT molecular complexity index is 3530. The normalized spacial score (nSPS) is 22.8. The molecule has 5 aliphatic rings. The number of para-hydroxylation sites is 1. The highest BCUT2D eigenvalue weighted by molar-refractivity contribution is 6.23. The van der Waals surface area contributed by atoms with Crippen molar-refractivity contribution in [3.63, 3.8) is 0 Å². The second kappa shape index (κ2) is 13.9. The van der Waals surface area contributed by atoms with Crippen molar-refractivity contribution in [2.75, 3.05) is 0 Å². The Morgan fingerprint density at radius 2 is 1.52 bits per heavy atom. The maximum atomic E-state index is 9.41. The van der Waals surface area contributed by atoms with Crippen LogP contribution in [0.1, 0.15) is 53.5 Å². The predicted molar refractivity (Wildman–Crippen MR) is 263 cm³/mol. The van der Waals surface area contributed by atoms with Gasteiger partial charge in [-0.25, -0.2) is 9.98 Å². The zero-order valence-electron chi connectivity index (χ0n) is 35.2. The van der Waals surface area contributed by atoms with Gasteiger partial charge in [0.25, 0.3) is 0 Å². The van der Waals surface area contributed by atoms with E-state index in [1.807, 2.05) is 36.5 Å². The van der Waals surface area contributed by atoms with Crippen LogP contribution in [0.25, 0.3) is 65.9 Å². The fourth-order valence-electron chi connectivity index (χ4n) is 11.0. The molecule has 1 aromatic heterocycles. The van der Waals surface area contributed by atoms with Crippen LogP contribution in [-0.4, -0.2) is 17.9 Å². The molecule has 3 fully saturated rings. The number of aliphatic imine (C=N–C) groups is 2. The van der Waals surface area contributed by atoms with Gasteiger partial charge in [0.05, 0.1) is 0 Å². The van der Waals surface area contributed by atoms with Crippen molar-refractivity contribution >= 4 is 83.8 Å². The van der Waals surface area contributed by atoms with Gasteiger partial charge >= 0.3 is 0 Å². The van der Waals surface area contributed by atoms with Crippen molar-refractivity contribution in [2.24, 2.45) is 33.7 Å². The lowest BCUT2D eigenvalue weighted by Crippen LogP contribution is -2.15. The minimum atomic E-state index is -0.237. The molecule has 0 aliphatic heterocycles. The largest absolute Gasteiger partial charge is 0.456 e. The Morgan fingerprint density at radius 3 is 2.38 bits per heavy atom. The number of aryl methyl sites for hydroxylation is 1. The van der Waals surface area contributed by atoms with E-state index in [1.54, 1.807) is 0 Å². The van der Waals surface area contributed by atoms with Crippen LogP contribution in [-0.2, 0) is 5.41 Å². The van der Waals surface area contributed by atoms with Crippen molar-refractivity contribution < 1.29 is 4.42 Å². The average Bonchev–Trinajstić information content (AvgIpc) is 4.25. The first-order valence-electron chi connectivity index (χ1n) is 22.6. The molecule has 0 radical (unpaired) electrons. The first kappa shape index (κ1) is 36.5. The van der Waals surface area contributed by atoms with Crippen LogP contribution >= 0.6 is 0 Å². The molecule has 4 unspecified atom stereocenters. The van der Waals surface area contributed by atoms with Gasteiger partial charge in [-0.2, -0.15) is 0 Å². The highest BCUT2D eigenvalue weighted by Crippen LogP contribution is 2.65. The number of hydrogen-bond acceptors (Lipinski definition) is 2. The van der Waals surface area contributed by atoms with Crippen LogP contribution in [0.4, 0.5) is 0 Å². The Hall–Kier alpha value is -7.17. The average molecular weight is 812 g/mol. The number of furan rings is 1. The molecule has 7 aromatic carbocycles. The van der Waals surface area contributed by atoms with E-state index in [1.165, 1.54) is 73.0 Å². The third-order valence-corrected chi connectivity index (χ3v) is 14.6. The molecule has 302 valence electrons. The van der Waals surface area contributed by atoms with Crippen LogP contribution in [0.2, 0.25) is 0 Å². The zero-order chi connectivity index (χ0) is 41.8. The molecule has 0 saturated heterocycles. The third kappa shape index (κ3) is 5.99. The molecule has 5 aliphatic carbocycles. The summed E-state index contributed by atoms with van der Waals surface area (Å²) in [6.07, 6.45) is 22.8. The molecule has 1 heterocycles. The topological polar surface area (TPSA) is 61.7 Å². The van der Waals surface area contributed by atoms with Crippen LogP contribution in [0.3, 0.4) is 0 Å². The lowest BCUT2D eigenvalue weighted by molar-refractivity contribution is 0.669. The fraction of sp³-hybridized carbons (Fsp3) is 0.169. The standard InChI is InChI=1S/C59H45N3O/c1-35-38(27-26-36-24-25-36)31-52(45-18-7-4-14-41(35)45)59-32-37(28-51(53(59)33-59)50-30-39-12-2-3-15-42(39)43-16-5-6-17-44(43)50)34-61-58(62-57(60)46-20-10-13-40-29-49(40)46)48-21-11-23-55-56(48)47-19-8-9-22-54(47)63-55/h2-23,26-28,30-32,34,36,40,49,53,60H,24-25,29,33H2,1H3/b27-26-,60-57?,61-34?,62-58?. The van der Waals surface area contributed by atoms with Gasteiger partial charge in [0.15, 0.2) is 11.7 Å². The quantitative estimate of drug-likeness (QED) is 0.0972. The van der Waals surface area contributed by atoms with Crippen LogP contribution in [0, 0.1) is 36.0 Å². The second-order valence-electron chi connectivity index (χ2n) is 18.4. The molecule has 0 amide bonds. The highest BCUT2D eigenvalue weighted by atomic mass is 16.3. The van der Waals surface area contributed by atoms with Gasteiger partial charge < -0.3 is 4.42 Å². The second-order valence-corrected chi connectivity index (χ2v) is 18.4. The smallest absolute Gasteiger partial charge is 0.162 e. The van der Waals surface area contributed by atoms with E-state index in [9.17, 15) is 5.41 Å². The molecule has 0 bridgehead atoms. The lowest BCUT2D eigenvalue weighted by atomic mass is 9.78. The predicted octanol–water partition coefficient (Wildman–Crippen LogP) is 14.7. The third-order valence-electron chi connectivity index (χ3n) is 14.6. The Morgan fingerprint density at radius 1 is 0.778 bits per heavy atom. The van der Waals surface area contributed by atoms with Crippen LogP contribution in [0.15, 0.2) is 189 Å². The van der Waals surface area contributed by atoms with Gasteiger partial charge in [0.2, 0.25) is 0 Å². The summed E-state index contributed by atoms with van der Waals surface area (Å²) in [6, 6.07) is 45.9. The van der Waals surface area contributed by atoms with Gasteiger partial charge in [-0.05, 0) is 158 Å². The van der Waals surface area contributed by atoms with E-state index >= 15 is 0 Å². The summed E-state index contributed by atoms with van der Waals surface area (Å²) >= 11 is 0. The number of nitrogens with one attached hydrogen (secondary N) is 1. The summed E-state index contributed by atoms with van der Waals surface area (Å²) in [7, 11) is 0. The van der Waals surface area contributed by atoms with E-state index < -0.39 is 0 Å². The minimum Gasteiger partial charge on any atom is -0.456 e. The van der Waals surface area contributed by atoms with E-state index in [4.69, 9.17) is 14.4 Å². The van der Waals surface area contributed by atoms with Crippen molar-refractivity contribution in [2.45, 2.75) is 38.0 Å². The molecular weight excluding hydrogens is 767 g/mol. The number of hydrogen-bond donors (Lipinski definition) is 1. The van der Waals surface area contributed by atoms with Crippen molar-refractivity contribution in [1.82, 2.24) is 0 Å². The molecule has 0 spiro atoms. The van der Waals surface area contributed by atoms with Crippen molar-refractivity contribution in [3.8, 4) is 0 Å². The number of fused-ring (bicyclic) bond motifs is 9. The molecular formula is C59H45N3O.